The smallest absolute Gasteiger partial charge is 0.309 e. The summed E-state index contributed by atoms with van der Waals surface area (Å²) in [5.41, 5.74) is 1.85. The van der Waals surface area contributed by atoms with Gasteiger partial charge in [-0.05, 0) is 31.2 Å². The lowest BCUT2D eigenvalue weighted by Gasteiger charge is -2.47. The quantitative estimate of drug-likeness (QED) is 0.759. The van der Waals surface area contributed by atoms with E-state index in [1.54, 1.807) is 6.26 Å². The first-order valence-electron chi connectivity index (χ1n) is 8.32. The van der Waals surface area contributed by atoms with E-state index >= 15 is 0 Å². The Morgan fingerprint density at radius 2 is 2.13 bits per heavy atom. The maximum atomic E-state index is 12.9. The summed E-state index contributed by atoms with van der Waals surface area (Å²) < 4.78 is 11.4. The molecule has 0 fully saturated rings. The molecule has 124 valence electrons. The van der Waals surface area contributed by atoms with E-state index in [0.29, 0.717) is 5.76 Å². The second-order valence-electron chi connectivity index (χ2n) is 7.34. The summed E-state index contributed by atoms with van der Waals surface area (Å²) in [5.74, 6) is 0.0761. The molecule has 3 atom stereocenters. The highest BCUT2D eigenvalue weighted by Gasteiger charge is 2.55. The number of esters is 1. The Morgan fingerprint density at radius 1 is 1.43 bits per heavy atom. The number of carbonyl (C=O) groups excluding carboxylic acids is 2. The van der Waals surface area contributed by atoms with Crippen molar-refractivity contribution in [3.8, 4) is 0 Å². The fourth-order valence-corrected chi connectivity index (χ4v) is 3.81. The van der Waals surface area contributed by atoms with Gasteiger partial charge in [0.25, 0.3) is 0 Å². The van der Waals surface area contributed by atoms with E-state index in [2.05, 4.69) is 6.92 Å². The van der Waals surface area contributed by atoms with Crippen molar-refractivity contribution >= 4 is 11.8 Å². The van der Waals surface area contributed by atoms with Crippen LogP contribution in [0, 0.1) is 24.2 Å². The van der Waals surface area contributed by atoms with Crippen LogP contribution in [-0.2, 0) is 9.53 Å². The molecular formula is C19H24O4. The lowest BCUT2D eigenvalue weighted by atomic mass is 9.58. The summed E-state index contributed by atoms with van der Waals surface area (Å²) in [6, 6.07) is 0. The molecule has 1 aromatic heterocycles. The summed E-state index contributed by atoms with van der Waals surface area (Å²) in [6.07, 6.45) is 4.97. The fraction of sp³-hybridized carbons (Fsp3) is 0.579. The zero-order chi connectivity index (χ0) is 16.9. The lowest BCUT2D eigenvalue weighted by Crippen LogP contribution is -2.45. The maximum absolute atomic E-state index is 12.9. The van der Waals surface area contributed by atoms with E-state index in [1.165, 1.54) is 0 Å². The van der Waals surface area contributed by atoms with Crippen LogP contribution in [-0.4, -0.2) is 11.8 Å². The van der Waals surface area contributed by atoms with Crippen molar-refractivity contribution in [3.05, 3.63) is 34.8 Å². The Labute approximate surface area is 136 Å². The number of aryl methyl sites for hydroxylation is 1. The Hall–Kier alpha value is -1.84. The van der Waals surface area contributed by atoms with Gasteiger partial charge in [0, 0.05) is 16.6 Å². The van der Waals surface area contributed by atoms with Crippen molar-refractivity contribution < 1.29 is 18.7 Å². The van der Waals surface area contributed by atoms with Crippen molar-refractivity contribution in [2.45, 2.75) is 53.6 Å². The van der Waals surface area contributed by atoms with E-state index in [9.17, 15) is 9.59 Å². The first kappa shape index (κ1) is 16.0. The summed E-state index contributed by atoms with van der Waals surface area (Å²) >= 11 is 0. The predicted molar refractivity (Wildman–Crippen MR) is 86.0 cm³/mol. The minimum Gasteiger partial charge on any atom is -0.460 e. The molecule has 23 heavy (non-hydrogen) atoms. The minimum atomic E-state index is -0.498. The minimum absolute atomic E-state index is 0.0565. The van der Waals surface area contributed by atoms with Crippen LogP contribution in [0.1, 0.15) is 68.3 Å². The second-order valence-corrected chi connectivity index (χ2v) is 7.34. The van der Waals surface area contributed by atoms with Gasteiger partial charge in [-0.25, -0.2) is 0 Å². The molecule has 4 nitrogen and oxygen atoms in total. The van der Waals surface area contributed by atoms with E-state index in [0.717, 1.165) is 29.5 Å². The zero-order valence-electron chi connectivity index (χ0n) is 14.4. The number of fused-ring (bicyclic) bond motifs is 2. The molecule has 2 aliphatic rings. The Balaban J connectivity index is 2.19. The number of hydrogen-bond donors (Lipinski definition) is 0. The zero-order valence-corrected chi connectivity index (χ0v) is 14.4. The molecule has 0 radical (unpaired) electrons. The van der Waals surface area contributed by atoms with Gasteiger partial charge in [-0.3, -0.25) is 9.59 Å². The molecule has 0 bridgehead atoms. The topological polar surface area (TPSA) is 56.5 Å². The van der Waals surface area contributed by atoms with E-state index in [-0.39, 0.29) is 23.6 Å². The van der Waals surface area contributed by atoms with Gasteiger partial charge in [-0.1, -0.05) is 33.8 Å². The van der Waals surface area contributed by atoms with Gasteiger partial charge in [0.15, 0.2) is 5.76 Å². The van der Waals surface area contributed by atoms with Gasteiger partial charge in [-0.2, -0.15) is 0 Å². The molecule has 1 aromatic rings. The van der Waals surface area contributed by atoms with E-state index in [4.69, 9.17) is 9.15 Å². The molecule has 4 heteroatoms. The number of hydrogen-bond acceptors (Lipinski definition) is 4. The van der Waals surface area contributed by atoms with E-state index in [1.807, 2.05) is 33.8 Å². The molecule has 0 amide bonds. The Morgan fingerprint density at radius 3 is 2.78 bits per heavy atom. The van der Waals surface area contributed by atoms with Crippen molar-refractivity contribution in [1.82, 2.24) is 0 Å². The molecule has 0 saturated heterocycles. The second kappa shape index (κ2) is 5.36. The molecule has 3 rings (SSSR count). The third kappa shape index (κ3) is 2.19. The number of rotatable bonds is 2. The number of furan rings is 1. The summed E-state index contributed by atoms with van der Waals surface area (Å²) in [7, 11) is 0. The van der Waals surface area contributed by atoms with Gasteiger partial charge in [0.05, 0.1) is 12.2 Å². The Bertz CT molecular complexity index is 694. The average Bonchev–Trinajstić information content (AvgIpc) is 2.87. The van der Waals surface area contributed by atoms with Crippen LogP contribution >= 0.6 is 0 Å². The fourth-order valence-electron chi connectivity index (χ4n) is 3.81. The number of Topliss-reactive ketones (excluding diaryl/α,β-unsaturated/α-hetero) is 1. The molecule has 1 heterocycles. The molecule has 2 aliphatic carbocycles. The van der Waals surface area contributed by atoms with Gasteiger partial charge >= 0.3 is 5.97 Å². The van der Waals surface area contributed by atoms with Gasteiger partial charge in [0.2, 0.25) is 5.78 Å². The molecule has 0 unspecified atom stereocenters. The number of allylic oxidation sites excluding steroid dienone is 1. The van der Waals surface area contributed by atoms with Crippen molar-refractivity contribution in [2.75, 3.05) is 0 Å². The molecule has 0 saturated carbocycles. The number of ether oxygens (including phenoxy) is 1. The van der Waals surface area contributed by atoms with Gasteiger partial charge < -0.3 is 9.15 Å². The number of carbonyl (C=O) groups is 2. The van der Waals surface area contributed by atoms with Crippen LogP contribution in [0.5, 0.6) is 0 Å². The van der Waals surface area contributed by atoms with Crippen molar-refractivity contribution in [2.24, 2.45) is 17.3 Å². The third-order valence-corrected chi connectivity index (χ3v) is 5.54. The van der Waals surface area contributed by atoms with Crippen molar-refractivity contribution in [1.29, 1.82) is 0 Å². The van der Waals surface area contributed by atoms with E-state index < -0.39 is 11.5 Å². The highest BCUT2D eigenvalue weighted by atomic mass is 16.5. The standard InChI is InChI=1S/C19H24O4/c1-10(2)18(21)23-17-14-11(3)9-22-16(14)15(20)13-8-6-7-12(4)19(13,17)5/h8-10,12,17H,6-7H2,1-5H3/t12-,17+,19+/m0/s1. The predicted octanol–water partition coefficient (Wildman–Crippen LogP) is 4.39. The molecule has 0 aliphatic heterocycles. The molecular weight excluding hydrogens is 292 g/mol. The highest BCUT2D eigenvalue weighted by molar-refractivity contribution is 6.10. The third-order valence-electron chi connectivity index (χ3n) is 5.54. The van der Waals surface area contributed by atoms with Gasteiger partial charge in [-0.15, -0.1) is 0 Å². The SMILES string of the molecule is Cc1coc2c1[C@@H](OC(=O)C(C)C)[C@@]1(C)C(=CCC[C@@H]1C)C2=O. The van der Waals surface area contributed by atoms with Crippen LogP contribution in [0.15, 0.2) is 22.3 Å². The first-order chi connectivity index (χ1) is 10.8. The lowest BCUT2D eigenvalue weighted by molar-refractivity contribution is -0.161. The van der Waals surface area contributed by atoms with Crippen LogP contribution in [0.2, 0.25) is 0 Å². The van der Waals surface area contributed by atoms with Crippen LogP contribution in [0.4, 0.5) is 0 Å². The Kier molecular flexibility index (Phi) is 3.74. The van der Waals surface area contributed by atoms with Crippen molar-refractivity contribution in [3.63, 3.8) is 0 Å². The van der Waals surface area contributed by atoms with Crippen LogP contribution in [0.25, 0.3) is 0 Å². The summed E-state index contributed by atoms with van der Waals surface area (Å²) in [5, 5.41) is 0. The van der Waals surface area contributed by atoms with Gasteiger partial charge in [0.1, 0.15) is 6.10 Å². The monoisotopic (exact) mass is 316 g/mol. The maximum Gasteiger partial charge on any atom is 0.309 e. The highest BCUT2D eigenvalue weighted by Crippen LogP contribution is 2.57. The first-order valence-corrected chi connectivity index (χ1v) is 8.32. The van der Waals surface area contributed by atoms with Crippen LogP contribution < -0.4 is 0 Å². The van der Waals surface area contributed by atoms with Crippen LogP contribution in [0.3, 0.4) is 0 Å². The summed E-state index contributed by atoms with van der Waals surface area (Å²) in [6.45, 7) is 9.73. The largest absolute Gasteiger partial charge is 0.460 e. The molecule has 0 aromatic carbocycles. The summed E-state index contributed by atoms with van der Waals surface area (Å²) in [4.78, 5) is 25.2. The number of ketones is 1. The normalized spacial score (nSPS) is 29.8. The molecule has 0 N–H and O–H groups in total. The molecule has 0 spiro atoms. The average molecular weight is 316 g/mol.